The van der Waals surface area contributed by atoms with Crippen LogP contribution in [0.2, 0.25) is 4.34 Å². The van der Waals surface area contributed by atoms with Crippen molar-refractivity contribution in [3.05, 3.63) is 21.3 Å². The van der Waals surface area contributed by atoms with E-state index in [9.17, 15) is 4.79 Å². The van der Waals surface area contributed by atoms with Crippen LogP contribution in [-0.2, 0) is 11.2 Å². The van der Waals surface area contributed by atoms with Gasteiger partial charge in [-0.1, -0.05) is 25.4 Å². The van der Waals surface area contributed by atoms with E-state index in [-0.39, 0.29) is 11.7 Å². The third-order valence-electron chi connectivity index (χ3n) is 2.38. The number of hydrogen-bond acceptors (Lipinski definition) is 2. The number of thiophene rings is 1. The van der Waals surface area contributed by atoms with E-state index in [1.807, 2.05) is 12.1 Å². The quantitative estimate of drug-likeness (QED) is 0.769. The third kappa shape index (κ3) is 3.10. The zero-order chi connectivity index (χ0) is 10.7. The number of ketones is 1. The van der Waals surface area contributed by atoms with Gasteiger partial charge < -0.3 is 0 Å². The van der Waals surface area contributed by atoms with E-state index in [0.717, 1.165) is 10.8 Å². The molecule has 0 amide bonds. The fraction of sp³-hybridized carbons (Fsp3) is 0.545. The van der Waals surface area contributed by atoms with Crippen molar-refractivity contribution in [1.82, 2.24) is 0 Å². The Bertz CT molecular complexity index is 317. The highest BCUT2D eigenvalue weighted by atomic mass is 35.5. The van der Waals surface area contributed by atoms with E-state index in [2.05, 4.69) is 13.8 Å². The maximum atomic E-state index is 11.4. The first-order chi connectivity index (χ1) is 6.50. The van der Waals surface area contributed by atoms with Gasteiger partial charge in [0.05, 0.1) is 4.34 Å². The van der Waals surface area contributed by atoms with Crippen LogP contribution in [0.4, 0.5) is 0 Å². The van der Waals surface area contributed by atoms with Crippen LogP contribution >= 0.6 is 22.9 Å². The fourth-order valence-corrected chi connectivity index (χ4v) is 2.67. The molecule has 0 aromatic carbocycles. The number of Topliss-reactive ketones (excluding diaryl/α,β-unsaturated/α-hetero) is 1. The first-order valence-electron chi connectivity index (χ1n) is 4.75. The van der Waals surface area contributed by atoms with Crippen LogP contribution in [0.5, 0.6) is 0 Å². The van der Waals surface area contributed by atoms with Gasteiger partial charge in [0, 0.05) is 10.8 Å². The van der Waals surface area contributed by atoms with E-state index in [1.54, 1.807) is 18.3 Å². The van der Waals surface area contributed by atoms with Crippen LogP contribution in [0.25, 0.3) is 0 Å². The Labute approximate surface area is 94.1 Å². The molecule has 0 N–H and O–H groups in total. The van der Waals surface area contributed by atoms with Gasteiger partial charge in [-0.15, -0.1) is 11.3 Å². The number of rotatable bonds is 4. The van der Waals surface area contributed by atoms with Gasteiger partial charge in [0.15, 0.2) is 0 Å². The smallest absolute Gasteiger partial charge is 0.133 e. The van der Waals surface area contributed by atoms with Crippen molar-refractivity contribution in [3.8, 4) is 0 Å². The van der Waals surface area contributed by atoms with E-state index in [0.29, 0.717) is 5.92 Å². The second-order valence-corrected chi connectivity index (χ2v) is 5.67. The molecule has 1 heterocycles. The summed E-state index contributed by atoms with van der Waals surface area (Å²) < 4.78 is 0.797. The third-order valence-corrected chi connectivity index (χ3v) is 3.63. The fourth-order valence-electron chi connectivity index (χ4n) is 1.53. The molecular formula is C11H15ClOS. The summed E-state index contributed by atoms with van der Waals surface area (Å²) in [6.07, 6.45) is 0.824. The van der Waals surface area contributed by atoms with Crippen LogP contribution in [0.3, 0.4) is 0 Å². The molecule has 0 fully saturated rings. The molecular weight excluding hydrogens is 216 g/mol. The SMILES string of the molecule is CC(=O)C(Cc1ccc(Cl)s1)C(C)C. The first kappa shape index (κ1) is 11.7. The summed E-state index contributed by atoms with van der Waals surface area (Å²) in [5.74, 6) is 0.794. The zero-order valence-electron chi connectivity index (χ0n) is 8.71. The molecule has 1 aromatic rings. The molecule has 1 unspecified atom stereocenters. The molecule has 0 spiro atoms. The second-order valence-electron chi connectivity index (χ2n) is 3.87. The monoisotopic (exact) mass is 230 g/mol. The Morgan fingerprint density at radius 1 is 1.50 bits per heavy atom. The molecule has 0 saturated heterocycles. The maximum Gasteiger partial charge on any atom is 0.133 e. The highest BCUT2D eigenvalue weighted by molar-refractivity contribution is 7.16. The lowest BCUT2D eigenvalue weighted by Crippen LogP contribution is -2.19. The minimum absolute atomic E-state index is 0.129. The summed E-state index contributed by atoms with van der Waals surface area (Å²) in [5.41, 5.74) is 0. The highest BCUT2D eigenvalue weighted by Crippen LogP contribution is 2.26. The summed E-state index contributed by atoms with van der Waals surface area (Å²) in [6.45, 7) is 5.84. The van der Waals surface area contributed by atoms with E-state index in [4.69, 9.17) is 11.6 Å². The van der Waals surface area contributed by atoms with Crippen molar-refractivity contribution >= 4 is 28.7 Å². The molecule has 3 heteroatoms. The molecule has 78 valence electrons. The lowest BCUT2D eigenvalue weighted by atomic mass is 9.89. The highest BCUT2D eigenvalue weighted by Gasteiger charge is 2.19. The molecule has 0 bridgehead atoms. The minimum Gasteiger partial charge on any atom is -0.300 e. The van der Waals surface area contributed by atoms with E-state index in [1.165, 1.54) is 4.88 Å². The van der Waals surface area contributed by atoms with Gasteiger partial charge >= 0.3 is 0 Å². The molecule has 14 heavy (non-hydrogen) atoms. The van der Waals surface area contributed by atoms with Crippen LogP contribution in [-0.4, -0.2) is 5.78 Å². The first-order valence-corrected chi connectivity index (χ1v) is 5.95. The number of halogens is 1. The van der Waals surface area contributed by atoms with Crippen molar-refractivity contribution in [2.75, 3.05) is 0 Å². The Kier molecular flexibility index (Phi) is 4.14. The number of carbonyl (C=O) groups excluding carboxylic acids is 1. The molecule has 1 nitrogen and oxygen atoms in total. The Balaban J connectivity index is 2.69. The van der Waals surface area contributed by atoms with Gasteiger partial charge in [0.2, 0.25) is 0 Å². The summed E-state index contributed by atoms with van der Waals surface area (Å²) in [7, 11) is 0. The van der Waals surface area contributed by atoms with Gasteiger partial charge in [0.25, 0.3) is 0 Å². The molecule has 1 rings (SSSR count). The van der Waals surface area contributed by atoms with Crippen molar-refractivity contribution in [2.24, 2.45) is 11.8 Å². The van der Waals surface area contributed by atoms with Crippen LogP contribution in [0.1, 0.15) is 25.6 Å². The Morgan fingerprint density at radius 2 is 2.14 bits per heavy atom. The van der Waals surface area contributed by atoms with Crippen LogP contribution in [0, 0.1) is 11.8 Å². The van der Waals surface area contributed by atoms with Gasteiger partial charge in [0.1, 0.15) is 5.78 Å². The van der Waals surface area contributed by atoms with E-state index < -0.39 is 0 Å². The topological polar surface area (TPSA) is 17.1 Å². The van der Waals surface area contributed by atoms with Crippen LogP contribution < -0.4 is 0 Å². The second kappa shape index (κ2) is 4.94. The summed E-state index contributed by atoms with van der Waals surface area (Å²) in [5, 5.41) is 0. The molecule has 0 aliphatic rings. The van der Waals surface area contributed by atoms with Crippen molar-refractivity contribution in [1.29, 1.82) is 0 Å². The molecule has 1 atom stereocenters. The van der Waals surface area contributed by atoms with Gasteiger partial charge in [-0.05, 0) is 31.4 Å². The van der Waals surface area contributed by atoms with Crippen molar-refractivity contribution in [3.63, 3.8) is 0 Å². The molecule has 0 saturated carbocycles. The van der Waals surface area contributed by atoms with E-state index >= 15 is 0 Å². The zero-order valence-corrected chi connectivity index (χ0v) is 10.3. The molecule has 0 aliphatic heterocycles. The normalized spacial score (nSPS) is 13.2. The Hall–Kier alpha value is -0.340. The van der Waals surface area contributed by atoms with Gasteiger partial charge in [-0.25, -0.2) is 0 Å². The standard InChI is InChI=1S/C11H15ClOS/c1-7(2)10(8(3)13)6-9-4-5-11(12)14-9/h4-5,7,10H,6H2,1-3H3. The number of carbonyl (C=O) groups is 1. The van der Waals surface area contributed by atoms with Crippen molar-refractivity contribution in [2.45, 2.75) is 27.2 Å². The van der Waals surface area contributed by atoms with Gasteiger partial charge in [-0.3, -0.25) is 4.79 Å². The maximum absolute atomic E-state index is 11.4. The minimum atomic E-state index is 0.129. The summed E-state index contributed by atoms with van der Waals surface area (Å²) in [4.78, 5) is 12.6. The average molecular weight is 231 g/mol. The molecule has 0 aliphatic carbocycles. The summed E-state index contributed by atoms with van der Waals surface area (Å²) in [6, 6.07) is 3.89. The van der Waals surface area contributed by atoms with Crippen LogP contribution in [0.15, 0.2) is 12.1 Å². The lowest BCUT2D eigenvalue weighted by Gasteiger charge is -2.16. The number of hydrogen-bond donors (Lipinski definition) is 0. The van der Waals surface area contributed by atoms with Crippen molar-refractivity contribution < 1.29 is 4.79 Å². The lowest BCUT2D eigenvalue weighted by molar-refractivity contribution is -0.121. The Morgan fingerprint density at radius 3 is 2.50 bits per heavy atom. The largest absolute Gasteiger partial charge is 0.300 e. The predicted molar refractivity (Wildman–Crippen MR) is 62.0 cm³/mol. The summed E-state index contributed by atoms with van der Waals surface area (Å²) >= 11 is 7.40. The predicted octanol–water partition coefficient (Wildman–Crippen LogP) is 3.81. The molecule has 0 radical (unpaired) electrons. The molecule has 1 aromatic heterocycles. The van der Waals surface area contributed by atoms with Gasteiger partial charge in [-0.2, -0.15) is 0 Å². The average Bonchev–Trinajstić information content (AvgIpc) is 2.46.